The number of ether oxygens (including phenoxy) is 1. The summed E-state index contributed by atoms with van der Waals surface area (Å²) in [6.07, 6.45) is 0. The monoisotopic (exact) mass is 357 g/mol. The number of hydrogen-bond donors (Lipinski definition) is 3. The van der Waals surface area contributed by atoms with Crippen molar-refractivity contribution in [2.24, 2.45) is 0 Å². The summed E-state index contributed by atoms with van der Waals surface area (Å²) in [5.74, 6) is -0.837. The number of nitrogens with one attached hydrogen (secondary N) is 2. The molecule has 0 unspecified atom stereocenters. The Morgan fingerprint density at radius 2 is 1.92 bits per heavy atom. The summed E-state index contributed by atoms with van der Waals surface area (Å²) in [5.41, 5.74) is 7.80. The lowest BCUT2D eigenvalue weighted by Crippen LogP contribution is -2.12. The zero-order chi connectivity index (χ0) is 18.1. The number of H-pyrrole nitrogens is 1. The minimum Gasteiger partial charge on any atom is -0.465 e. The molecule has 0 spiro atoms. The van der Waals surface area contributed by atoms with E-state index < -0.39 is 5.97 Å². The summed E-state index contributed by atoms with van der Waals surface area (Å²) in [7, 11) is 1.30. The first-order valence-electron chi connectivity index (χ1n) is 7.32. The summed E-state index contributed by atoms with van der Waals surface area (Å²) in [6, 6.07) is 7.74. The second-order valence-electron chi connectivity index (χ2n) is 5.39. The van der Waals surface area contributed by atoms with Crippen LogP contribution in [0.2, 0.25) is 0 Å². The number of aromatic nitrogens is 1. The van der Waals surface area contributed by atoms with Crippen molar-refractivity contribution in [3.8, 4) is 0 Å². The number of carbonyl (C=O) groups is 2. The number of nitrogen functional groups attached to an aromatic ring is 1. The van der Waals surface area contributed by atoms with Crippen molar-refractivity contribution in [2.75, 3.05) is 18.2 Å². The topological polar surface area (TPSA) is 114 Å². The van der Waals surface area contributed by atoms with Crippen LogP contribution >= 0.6 is 11.3 Å². The minimum absolute atomic E-state index is 0.239. The van der Waals surface area contributed by atoms with E-state index in [2.05, 4.69) is 15.0 Å². The van der Waals surface area contributed by atoms with Gasteiger partial charge < -0.3 is 20.8 Å². The molecule has 25 heavy (non-hydrogen) atoms. The van der Waals surface area contributed by atoms with E-state index >= 15 is 0 Å². The zero-order valence-corrected chi connectivity index (χ0v) is 14.3. The number of esters is 1. The van der Waals surface area contributed by atoms with Crippen LogP contribution in [0.25, 0.3) is 10.2 Å². The summed E-state index contributed by atoms with van der Waals surface area (Å²) in [6.45, 7) is 1.77. The Morgan fingerprint density at radius 1 is 1.24 bits per heavy atom. The highest BCUT2D eigenvalue weighted by Gasteiger charge is 2.19. The van der Waals surface area contributed by atoms with Crippen molar-refractivity contribution in [3.63, 3.8) is 0 Å². The molecule has 0 aliphatic rings. The average Bonchev–Trinajstić information content (AvgIpc) is 2.91. The van der Waals surface area contributed by atoms with Crippen LogP contribution in [0.15, 0.2) is 35.1 Å². The van der Waals surface area contributed by atoms with Gasteiger partial charge in [-0.3, -0.25) is 9.59 Å². The number of anilines is 2. The van der Waals surface area contributed by atoms with Crippen molar-refractivity contribution < 1.29 is 14.3 Å². The first kappa shape index (κ1) is 16.7. The molecule has 0 bridgehead atoms. The van der Waals surface area contributed by atoms with E-state index in [-0.39, 0.29) is 11.5 Å². The maximum absolute atomic E-state index is 12.5. The summed E-state index contributed by atoms with van der Waals surface area (Å²) in [5, 5.41) is 3.40. The maximum atomic E-state index is 12.5. The molecular weight excluding hydrogens is 342 g/mol. The number of aromatic amines is 1. The molecule has 0 saturated heterocycles. The summed E-state index contributed by atoms with van der Waals surface area (Å²) >= 11 is 1.12. The number of amides is 1. The van der Waals surface area contributed by atoms with Gasteiger partial charge in [-0.1, -0.05) is 0 Å². The first-order valence-corrected chi connectivity index (χ1v) is 8.14. The number of rotatable bonds is 3. The predicted octanol–water partition coefficient (Wildman–Crippen LogP) is 2.52. The maximum Gasteiger partial charge on any atom is 0.337 e. The van der Waals surface area contributed by atoms with Crippen molar-refractivity contribution in [3.05, 3.63) is 56.7 Å². The van der Waals surface area contributed by atoms with Crippen molar-refractivity contribution in [2.45, 2.75) is 6.92 Å². The van der Waals surface area contributed by atoms with Crippen LogP contribution < -0.4 is 16.6 Å². The van der Waals surface area contributed by atoms with Gasteiger partial charge in [0, 0.05) is 17.1 Å². The van der Waals surface area contributed by atoms with E-state index in [1.54, 1.807) is 31.2 Å². The number of benzene rings is 1. The van der Waals surface area contributed by atoms with Gasteiger partial charge in [-0.25, -0.2) is 4.79 Å². The predicted molar refractivity (Wildman–Crippen MR) is 97.3 cm³/mol. The largest absolute Gasteiger partial charge is 0.465 e. The third-order valence-corrected chi connectivity index (χ3v) is 4.81. The van der Waals surface area contributed by atoms with Crippen LogP contribution in [0.1, 0.15) is 25.6 Å². The number of aryl methyl sites for hydroxylation is 1. The normalized spacial score (nSPS) is 10.6. The fourth-order valence-electron chi connectivity index (χ4n) is 2.50. The molecule has 2 heterocycles. The molecule has 2 aromatic heterocycles. The summed E-state index contributed by atoms with van der Waals surface area (Å²) < 4.78 is 4.63. The Morgan fingerprint density at radius 3 is 2.56 bits per heavy atom. The number of nitrogens with two attached hydrogens (primary N) is 1. The number of hydrogen-bond acceptors (Lipinski definition) is 6. The van der Waals surface area contributed by atoms with Crippen LogP contribution in [-0.2, 0) is 4.74 Å². The van der Waals surface area contributed by atoms with E-state index in [9.17, 15) is 14.4 Å². The second-order valence-corrected chi connectivity index (χ2v) is 6.41. The van der Waals surface area contributed by atoms with E-state index in [4.69, 9.17) is 5.73 Å². The molecule has 0 atom stereocenters. The molecule has 8 heteroatoms. The van der Waals surface area contributed by atoms with Crippen molar-refractivity contribution in [1.82, 2.24) is 4.98 Å². The van der Waals surface area contributed by atoms with Gasteiger partial charge in [0.15, 0.2) is 0 Å². The zero-order valence-electron chi connectivity index (χ0n) is 13.5. The Labute approximate surface area is 146 Å². The van der Waals surface area contributed by atoms with Crippen molar-refractivity contribution >= 4 is 44.8 Å². The SMILES string of the molecule is COC(=O)c1ccc(NC(=O)c2sc3[nH]c(=O)cc(C)c3c2N)cc1. The molecule has 1 aromatic carbocycles. The minimum atomic E-state index is -0.453. The van der Waals surface area contributed by atoms with Crippen molar-refractivity contribution in [1.29, 1.82) is 0 Å². The number of pyridine rings is 1. The molecule has 1 amide bonds. The van der Waals surface area contributed by atoms with E-state index in [0.29, 0.717) is 37.6 Å². The molecule has 7 nitrogen and oxygen atoms in total. The van der Waals surface area contributed by atoms with Crippen LogP contribution in [0.5, 0.6) is 0 Å². The lowest BCUT2D eigenvalue weighted by molar-refractivity contribution is 0.0600. The molecule has 0 aliphatic carbocycles. The van der Waals surface area contributed by atoms with Crippen LogP contribution in [0, 0.1) is 6.92 Å². The average molecular weight is 357 g/mol. The number of methoxy groups -OCH3 is 1. The van der Waals surface area contributed by atoms with Crippen LogP contribution in [-0.4, -0.2) is 24.0 Å². The Bertz CT molecular complexity index is 1030. The highest BCUT2D eigenvalue weighted by Crippen LogP contribution is 2.34. The Hall–Kier alpha value is -3.13. The first-order chi connectivity index (χ1) is 11.9. The van der Waals surface area contributed by atoms with E-state index in [0.717, 1.165) is 11.3 Å². The summed E-state index contributed by atoms with van der Waals surface area (Å²) in [4.78, 5) is 39.1. The lowest BCUT2D eigenvalue weighted by Gasteiger charge is -2.05. The molecule has 0 fully saturated rings. The van der Waals surface area contributed by atoms with Gasteiger partial charge in [-0.2, -0.15) is 0 Å². The second kappa shape index (κ2) is 6.40. The highest BCUT2D eigenvalue weighted by molar-refractivity contribution is 7.21. The third-order valence-electron chi connectivity index (χ3n) is 3.69. The van der Waals surface area contributed by atoms with Gasteiger partial charge in [0.05, 0.1) is 18.4 Å². The molecule has 3 rings (SSSR count). The molecule has 0 saturated carbocycles. The van der Waals surface area contributed by atoms with E-state index in [1.165, 1.54) is 13.2 Å². The van der Waals surface area contributed by atoms with Gasteiger partial charge in [0.1, 0.15) is 9.71 Å². The van der Waals surface area contributed by atoms with Gasteiger partial charge in [-0.15, -0.1) is 11.3 Å². The molecule has 4 N–H and O–H groups in total. The van der Waals surface area contributed by atoms with Gasteiger partial charge in [0.2, 0.25) is 5.56 Å². The smallest absolute Gasteiger partial charge is 0.337 e. The number of thiophene rings is 1. The standard InChI is InChI=1S/C17H15N3O4S/c1-8-7-11(21)20-16-12(8)13(18)14(25-16)15(22)19-10-5-3-9(4-6-10)17(23)24-2/h3-7H,18H2,1-2H3,(H,19,22)(H,20,21). The number of carbonyl (C=O) groups excluding carboxylic acids is 2. The van der Waals surface area contributed by atoms with Gasteiger partial charge in [0.25, 0.3) is 5.91 Å². The fourth-order valence-corrected chi connectivity index (χ4v) is 3.59. The quantitative estimate of drug-likeness (QED) is 0.623. The molecule has 0 aliphatic heterocycles. The number of fused-ring (bicyclic) bond motifs is 1. The molecule has 0 radical (unpaired) electrons. The van der Waals surface area contributed by atoms with Crippen LogP contribution in [0.4, 0.5) is 11.4 Å². The van der Waals surface area contributed by atoms with E-state index in [1.807, 2.05) is 0 Å². The Balaban J connectivity index is 1.90. The fraction of sp³-hybridized carbons (Fsp3) is 0.118. The highest BCUT2D eigenvalue weighted by atomic mass is 32.1. The Kier molecular flexibility index (Phi) is 4.28. The van der Waals surface area contributed by atoms with Gasteiger partial charge >= 0.3 is 5.97 Å². The third kappa shape index (κ3) is 3.11. The molecule has 3 aromatic rings. The van der Waals surface area contributed by atoms with Crippen LogP contribution in [0.3, 0.4) is 0 Å². The lowest BCUT2D eigenvalue weighted by atomic mass is 10.1. The molecular formula is C17H15N3O4S. The molecule has 128 valence electrons. The van der Waals surface area contributed by atoms with Gasteiger partial charge in [-0.05, 0) is 36.8 Å².